The molecule has 0 saturated heterocycles. The van der Waals surface area contributed by atoms with Crippen molar-refractivity contribution in [2.75, 3.05) is 6.61 Å². The number of nitrogens with zero attached hydrogens (tertiary/aromatic N) is 2. The van der Waals surface area contributed by atoms with Gasteiger partial charge in [0.15, 0.2) is 0 Å². The molecule has 2 aliphatic rings. The van der Waals surface area contributed by atoms with Crippen LogP contribution in [0.25, 0.3) is 0 Å². The predicted octanol–water partition coefficient (Wildman–Crippen LogP) is 1.84. The van der Waals surface area contributed by atoms with Crippen LogP contribution < -0.4 is 10.1 Å². The molecule has 0 spiro atoms. The number of nitrogens with one attached hydrogen (secondary N) is 1. The number of ether oxygens (including phenoxy) is 1. The Kier molecular flexibility index (Phi) is 4.44. The molecule has 1 atom stereocenters. The highest BCUT2D eigenvalue weighted by molar-refractivity contribution is 5.76. The quantitative estimate of drug-likeness (QED) is 0.840. The molecule has 1 saturated carbocycles. The Morgan fingerprint density at radius 2 is 2.32 bits per heavy atom. The molecule has 2 N–H and O–H groups in total. The molecule has 0 radical (unpaired) electrons. The van der Waals surface area contributed by atoms with E-state index in [1.807, 2.05) is 24.4 Å². The summed E-state index contributed by atoms with van der Waals surface area (Å²) in [4.78, 5) is 12.4. The number of amides is 1. The summed E-state index contributed by atoms with van der Waals surface area (Å²) in [6, 6.07) is 7.97. The van der Waals surface area contributed by atoms with E-state index in [2.05, 4.69) is 16.5 Å². The van der Waals surface area contributed by atoms with Crippen LogP contribution in [0.1, 0.15) is 36.4 Å². The van der Waals surface area contributed by atoms with Crippen LogP contribution in [0, 0.1) is 5.92 Å². The normalized spacial score (nSPS) is 22.6. The highest BCUT2D eigenvalue weighted by atomic mass is 16.5. The molecule has 1 unspecified atom stereocenters. The average Bonchev–Trinajstić information content (AvgIpc) is 3.25. The minimum absolute atomic E-state index is 0.0126. The fourth-order valence-electron chi connectivity index (χ4n) is 3.67. The summed E-state index contributed by atoms with van der Waals surface area (Å²) < 4.78 is 7.33. The summed E-state index contributed by atoms with van der Waals surface area (Å²) in [5.74, 6) is 1.24. The summed E-state index contributed by atoms with van der Waals surface area (Å²) >= 11 is 0. The zero-order valence-corrected chi connectivity index (χ0v) is 14.1. The van der Waals surface area contributed by atoms with E-state index in [1.165, 1.54) is 5.56 Å². The summed E-state index contributed by atoms with van der Waals surface area (Å²) in [7, 11) is 0. The molecule has 1 aliphatic heterocycles. The lowest BCUT2D eigenvalue weighted by molar-refractivity contribution is -0.123. The van der Waals surface area contributed by atoms with Gasteiger partial charge in [0.25, 0.3) is 0 Å². The van der Waals surface area contributed by atoms with Gasteiger partial charge in [-0.3, -0.25) is 9.48 Å². The summed E-state index contributed by atoms with van der Waals surface area (Å²) in [5, 5.41) is 17.0. The molecule has 1 aromatic carbocycles. The third kappa shape index (κ3) is 3.54. The van der Waals surface area contributed by atoms with E-state index in [-0.39, 0.29) is 24.0 Å². The Labute approximate surface area is 146 Å². The Morgan fingerprint density at radius 3 is 3.08 bits per heavy atom. The molecular weight excluding hydrogens is 318 g/mol. The van der Waals surface area contributed by atoms with Gasteiger partial charge in [-0.25, -0.2) is 0 Å². The SMILES string of the molecule is O=C(CCn1cccn1)NC(c1ccc2c(c1)CCO2)C1CC(O)C1. The van der Waals surface area contributed by atoms with Crippen LogP contribution in [0.5, 0.6) is 5.75 Å². The van der Waals surface area contributed by atoms with E-state index in [0.29, 0.717) is 13.0 Å². The zero-order chi connectivity index (χ0) is 17.2. The third-order valence-corrected chi connectivity index (χ3v) is 5.14. The van der Waals surface area contributed by atoms with E-state index < -0.39 is 0 Å². The average molecular weight is 341 g/mol. The molecule has 6 nitrogen and oxygen atoms in total. The molecule has 1 fully saturated rings. The van der Waals surface area contributed by atoms with E-state index in [9.17, 15) is 9.90 Å². The van der Waals surface area contributed by atoms with Gasteiger partial charge in [0.2, 0.25) is 5.91 Å². The van der Waals surface area contributed by atoms with Crippen molar-refractivity contribution in [2.45, 2.75) is 44.4 Å². The van der Waals surface area contributed by atoms with Gasteiger partial charge in [-0.05, 0) is 48.1 Å². The molecule has 6 heteroatoms. The molecule has 2 aromatic rings. The second-order valence-corrected chi connectivity index (χ2v) is 6.92. The monoisotopic (exact) mass is 341 g/mol. The second-order valence-electron chi connectivity index (χ2n) is 6.92. The Bertz CT molecular complexity index is 738. The lowest BCUT2D eigenvalue weighted by Crippen LogP contribution is -2.41. The number of hydrogen-bond donors (Lipinski definition) is 2. The van der Waals surface area contributed by atoms with Crippen LogP contribution in [0.15, 0.2) is 36.7 Å². The van der Waals surface area contributed by atoms with Crippen LogP contribution in [0.2, 0.25) is 0 Å². The topological polar surface area (TPSA) is 76.4 Å². The van der Waals surface area contributed by atoms with Crippen molar-refractivity contribution < 1.29 is 14.6 Å². The summed E-state index contributed by atoms with van der Waals surface area (Å²) in [6.07, 6.45) is 6.09. The molecule has 1 amide bonds. The maximum Gasteiger partial charge on any atom is 0.222 e. The first-order valence-corrected chi connectivity index (χ1v) is 8.89. The second kappa shape index (κ2) is 6.88. The smallest absolute Gasteiger partial charge is 0.222 e. The number of aromatic nitrogens is 2. The van der Waals surface area contributed by atoms with Crippen LogP contribution in [-0.4, -0.2) is 33.5 Å². The van der Waals surface area contributed by atoms with Gasteiger partial charge < -0.3 is 15.2 Å². The van der Waals surface area contributed by atoms with Crippen molar-refractivity contribution in [1.82, 2.24) is 15.1 Å². The van der Waals surface area contributed by atoms with Crippen LogP contribution in [0.4, 0.5) is 0 Å². The van der Waals surface area contributed by atoms with Crippen molar-refractivity contribution in [3.05, 3.63) is 47.8 Å². The van der Waals surface area contributed by atoms with E-state index in [0.717, 1.165) is 37.2 Å². The number of carbonyl (C=O) groups is 1. The van der Waals surface area contributed by atoms with Crippen LogP contribution in [0.3, 0.4) is 0 Å². The summed E-state index contributed by atoms with van der Waals surface area (Å²) in [5.41, 5.74) is 2.31. The lowest BCUT2D eigenvalue weighted by Gasteiger charge is -2.38. The minimum Gasteiger partial charge on any atom is -0.493 e. The molecule has 4 rings (SSSR count). The van der Waals surface area contributed by atoms with Crippen molar-refractivity contribution >= 4 is 5.91 Å². The number of aryl methyl sites for hydroxylation is 1. The van der Waals surface area contributed by atoms with Crippen LogP contribution >= 0.6 is 0 Å². The van der Waals surface area contributed by atoms with Gasteiger partial charge in [-0.15, -0.1) is 0 Å². The zero-order valence-electron chi connectivity index (χ0n) is 14.1. The van der Waals surface area contributed by atoms with Crippen molar-refractivity contribution in [1.29, 1.82) is 0 Å². The van der Waals surface area contributed by atoms with Crippen molar-refractivity contribution in [3.63, 3.8) is 0 Å². The van der Waals surface area contributed by atoms with Gasteiger partial charge in [-0.1, -0.05) is 6.07 Å². The van der Waals surface area contributed by atoms with Gasteiger partial charge in [0.05, 0.1) is 18.8 Å². The molecule has 2 heterocycles. The minimum atomic E-state index is -0.244. The Balaban J connectivity index is 1.45. The van der Waals surface area contributed by atoms with E-state index in [1.54, 1.807) is 10.9 Å². The molecule has 1 aliphatic carbocycles. The first kappa shape index (κ1) is 16.1. The fourth-order valence-corrected chi connectivity index (χ4v) is 3.67. The van der Waals surface area contributed by atoms with E-state index >= 15 is 0 Å². The standard InChI is InChI=1S/C19H23N3O3/c23-16-11-15(12-16)19(14-2-3-17-13(10-14)5-9-25-17)21-18(24)4-8-22-7-1-6-20-22/h1-3,6-7,10,15-16,19,23H,4-5,8-9,11-12H2,(H,21,24). The van der Waals surface area contributed by atoms with Crippen molar-refractivity contribution in [3.8, 4) is 5.75 Å². The number of fused-ring (bicyclic) bond motifs is 1. The molecule has 1 aromatic heterocycles. The van der Waals surface area contributed by atoms with E-state index in [4.69, 9.17) is 4.74 Å². The summed E-state index contributed by atoms with van der Waals surface area (Å²) in [6.45, 7) is 1.29. The van der Waals surface area contributed by atoms with Gasteiger partial charge >= 0.3 is 0 Å². The fraction of sp³-hybridized carbons (Fsp3) is 0.474. The molecule has 0 bridgehead atoms. The van der Waals surface area contributed by atoms with Crippen molar-refractivity contribution in [2.24, 2.45) is 5.92 Å². The Hall–Kier alpha value is -2.34. The van der Waals surface area contributed by atoms with Gasteiger partial charge in [0.1, 0.15) is 5.75 Å². The number of aliphatic hydroxyl groups is 1. The highest BCUT2D eigenvalue weighted by Crippen LogP contribution is 2.39. The van der Waals surface area contributed by atoms with Crippen LogP contribution in [-0.2, 0) is 17.8 Å². The first-order valence-electron chi connectivity index (χ1n) is 8.89. The largest absolute Gasteiger partial charge is 0.493 e. The number of carbonyl (C=O) groups excluding carboxylic acids is 1. The first-order chi connectivity index (χ1) is 12.2. The molecule has 25 heavy (non-hydrogen) atoms. The Morgan fingerprint density at radius 1 is 1.44 bits per heavy atom. The maximum absolute atomic E-state index is 12.4. The van der Waals surface area contributed by atoms with Gasteiger partial charge in [-0.2, -0.15) is 5.10 Å². The predicted molar refractivity (Wildman–Crippen MR) is 92.1 cm³/mol. The third-order valence-electron chi connectivity index (χ3n) is 5.14. The molecule has 132 valence electrons. The molecular formula is C19H23N3O3. The number of benzene rings is 1. The number of aliphatic hydroxyl groups excluding tert-OH is 1. The number of rotatable bonds is 6. The number of hydrogen-bond acceptors (Lipinski definition) is 4. The maximum atomic E-state index is 12.4. The highest BCUT2D eigenvalue weighted by Gasteiger charge is 2.36. The van der Waals surface area contributed by atoms with Gasteiger partial charge in [0, 0.05) is 31.8 Å². The lowest BCUT2D eigenvalue weighted by atomic mass is 9.75.